The van der Waals surface area contributed by atoms with Gasteiger partial charge in [-0.3, -0.25) is 0 Å². The maximum atomic E-state index is 5.78. The molecule has 1 atom stereocenters. The number of rotatable bonds is 4. The Kier molecular flexibility index (Phi) is 4.36. The van der Waals surface area contributed by atoms with Crippen molar-refractivity contribution in [2.45, 2.75) is 33.7 Å². The largest absolute Gasteiger partial charge is 0.493 e. The van der Waals surface area contributed by atoms with Crippen LogP contribution in [0.25, 0.3) is 0 Å². The van der Waals surface area contributed by atoms with Gasteiger partial charge in [0.2, 0.25) is 0 Å². The van der Waals surface area contributed by atoms with Crippen LogP contribution in [0.3, 0.4) is 0 Å². The Morgan fingerprint density at radius 3 is 2.56 bits per heavy atom. The molecule has 0 aromatic heterocycles. The van der Waals surface area contributed by atoms with Gasteiger partial charge in [-0.05, 0) is 37.1 Å². The van der Waals surface area contributed by atoms with Gasteiger partial charge in [0.25, 0.3) is 0 Å². The van der Waals surface area contributed by atoms with E-state index in [4.69, 9.17) is 4.74 Å². The molecule has 0 amide bonds. The molecule has 90 valence electrons. The lowest BCUT2D eigenvalue weighted by Gasteiger charge is -2.19. The molecule has 0 unspecified atom stereocenters. The van der Waals surface area contributed by atoms with Gasteiger partial charge in [-0.15, -0.1) is 0 Å². The highest BCUT2D eigenvalue weighted by Crippen LogP contribution is 2.21. The molecular weight excluding hydrogens is 198 g/mol. The van der Waals surface area contributed by atoms with Crippen LogP contribution in [-0.2, 0) is 0 Å². The molecule has 0 bridgehead atoms. The highest BCUT2D eigenvalue weighted by molar-refractivity contribution is 5.30. The number of hydrogen-bond acceptors (Lipinski definition) is 2. The van der Waals surface area contributed by atoms with Crippen molar-refractivity contribution < 1.29 is 4.74 Å². The molecule has 1 rings (SSSR count). The van der Waals surface area contributed by atoms with Gasteiger partial charge < -0.3 is 10.1 Å². The zero-order chi connectivity index (χ0) is 12.2. The van der Waals surface area contributed by atoms with Crippen LogP contribution in [0.4, 0.5) is 0 Å². The first-order chi connectivity index (χ1) is 7.42. The van der Waals surface area contributed by atoms with Crippen LogP contribution < -0.4 is 10.1 Å². The first-order valence-electron chi connectivity index (χ1n) is 5.82. The fourth-order valence-electron chi connectivity index (χ4n) is 1.34. The van der Waals surface area contributed by atoms with E-state index in [1.165, 1.54) is 5.56 Å². The molecule has 0 aliphatic carbocycles. The van der Waals surface area contributed by atoms with Crippen molar-refractivity contribution in [2.24, 2.45) is 5.41 Å². The predicted octanol–water partition coefficient (Wildman–Crippen LogP) is 3.39. The van der Waals surface area contributed by atoms with Gasteiger partial charge >= 0.3 is 0 Å². The second-order valence-corrected chi connectivity index (χ2v) is 5.43. The Morgan fingerprint density at radius 2 is 2.00 bits per heavy atom. The second-order valence-electron chi connectivity index (χ2n) is 5.43. The van der Waals surface area contributed by atoms with E-state index in [0.717, 1.165) is 12.4 Å². The Bertz CT molecular complexity index is 328. The van der Waals surface area contributed by atoms with Crippen molar-refractivity contribution in [1.82, 2.24) is 5.32 Å². The Labute approximate surface area is 99.0 Å². The third-order valence-corrected chi connectivity index (χ3v) is 2.46. The molecular formula is C14H23NO. The van der Waals surface area contributed by atoms with E-state index in [0.29, 0.717) is 6.04 Å². The molecule has 2 heteroatoms. The SMILES string of the molecule is CN[C@H](C)c1cccc(OCC(C)(C)C)c1. The maximum Gasteiger partial charge on any atom is 0.119 e. The fourth-order valence-corrected chi connectivity index (χ4v) is 1.34. The minimum atomic E-state index is 0.199. The molecule has 1 N–H and O–H groups in total. The van der Waals surface area contributed by atoms with Crippen LogP contribution >= 0.6 is 0 Å². The monoisotopic (exact) mass is 221 g/mol. The van der Waals surface area contributed by atoms with Crippen molar-refractivity contribution >= 4 is 0 Å². The number of benzene rings is 1. The molecule has 0 aliphatic rings. The van der Waals surface area contributed by atoms with Gasteiger partial charge in [0.15, 0.2) is 0 Å². The van der Waals surface area contributed by atoms with Gasteiger partial charge in [-0.1, -0.05) is 32.9 Å². The molecule has 1 aromatic rings. The lowest BCUT2D eigenvalue weighted by molar-refractivity contribution is 0.197. The lowest BCUT2D eigenvalue weighted by atomic mass is 9.99. The first-order valence-corrected chi connectivity index (χ1v) is 5.82. The van der Waals surface area contributed by atoms with Crippen LogP contribution in [0.2, 0.25) is 0 Å². The van der Waals surface area contributed by atoms with Gasteiger partial charge in [0, 0.05) is 6.04 Å². The zero-order valence-electron chi connectivity index (χ0n) is 11.0. The maximum absolute atomic E-state index is 5.78. The third kappa shape index (κ3) is 4.23. The summed E-state index contributed by atoms with van der Waals surface area (Å²) in [6.07, 6.45) is 0. The van der Waals surface area contributed by atoms with Gasteiger partial charge in [-0.2, -0.15) is 0 Å². The normalized spacial score (nSPS) is 13.6. The lowest BCUT2D eigenvalue weighted by Crippen LogP contribution is -2.17. The van der Waals surface area contributed by atoms with Gasteiger partial charge in [-0.25, -0.2) is 0 Å². The van der Waals surface area contributed by atoms with Gasteiger partial charge in [0.05, 0.1) is 6.61 Å². The number of ether oxygens (including phenoxy) is 1. The van der Waals surface area contributed by atoms with E-state index >= 15 is 0 Å². The molecule has 0 saturated heterocycles. The van der Waals surface area contributed by atoms with Crippen LogP contribution in [0.5, 0.6) is 5.75 Å². The minimum Gasteiger partial charge on any atom is -0.493 e. The molecule has 0 saturated carbocycles. The van der Waals surface area contributed by atoms with Crippen molar-refractivity contribution in [2.75, 3.05) is 13.7 Å². The third-order valence-electron chi connectivity index (χ3n) is 2.46. The molecule has 0 heterocycles. The van der Waals surface area contributed by atoms with Crippen LogP contribution in [0, 0.1) is 5.41 Å². The molecule has 0 fully saturated rings. The van der Waals surface area contributed by atoms with E-state index in [-0.39, 0.29) is 5.41 Å². The smallest absolute Gasteiger partial charge is 0.119 e. The molecule has 2 nitrogen and oxygen atoms in total. The van der Waals surface area contributed by atoms with Crippen LogP contribution in [0.1, 0.15) is 39.3 Å². The summed E-state index contributed by atoms with van der Waals surface area (Å²) in [6, 6.07) is 8.63. The summed E-state index contributed by atoms with van der Waals surface area (Å²) in [7, 11) is 1.97. The van der Waals surface area contributed by atoms with Crippen molar-refractivity contribution in [3.8, 4) is 5.75 Å². The number of nitrogens with one attached hydrogen (secondary N) is 1. The average Bonchev–Trinajstić information content (AvgIpc) is 2.25. The van der Waals surface area contributed by atoms with E-state index in [2.05, 4.69) is 45.1 Å². The van der Waals surface area contributed by atoms with Gasteiger partial charge in [0.1, 0.15) is 5.75 Å². The van der Waals surface area contributed by atoms with E-state index < -0.39 is 0 Å². The topological polar surface area (TPSA) is 21.3 Å². The molecule has 1 aromatic carbocycles. The highest BCUT2D eigenvalue weighted by atomic mass is 16.5. The summed E-state index contributed by atoms with van der Waals surface area (Å²) in [5.41, 5.74) is 1.46. The summed E-state index contributed by atoms with van der Waals surface area (Å²) in [5.74, 6) is 0.953. The van der Waals surface area contributed by atoms with Crippen molar-refractivity contribution in [1.29, 1.82) is 0 Å². The molecule has 16 heavy (non-hydrogen) atoms. The van der Waals surface area contributed by atoms with Crippen LogP contribution in [0.15, 0.2) is 24.3 Å². The predicted molar refractivity (Wildman–Crippen MR) is 68.9 cm³/mol. The average molecular weight is 221 g/mol. The zero-order valence-corrected chi connectivity index (χ0v) is 11.0. The van der Waals surface area contributed by atoms with E-state index in [9.17, 15) is 0 Å². The Hall–Kier alpha value is -1.02. The first kappa shape index (κ1) is 13.0. The molecule has 0 aliphatic heterocycles. The number of hydrogen-bond donors (Lipinski definition) is 1. The second kappa shape index (κ2) is 5.35. The summed E-state index contributed by atoms with van der Waals surface area (Å²) < 4.78 is 5.78. The minimum absolute atomic E-state index is 0.199. The molecule has 0 radical (unpaired) electrons. The van der Waals surface area contributed by atoms with Crippen molar-refractivity contribution in [3.05, 3.63) is 29.8 Å². The van der Waals surface area contributed by atoms with E-state index in [1.54, 1.807) is 0 Å². The Balaban J connectivity index is 2.68. The summed E-state index contributed by atoms with van der Waals surface area (Å²) in [5, 5.41) is 3.23. The Morgan fingerprint density at radius 1 is 1.31 bits per heavy atom. The summed E-state index contributed by atoms with van der Waals surface area (Å²) in [6.45, 7) is 9.40. The fraction of sp³-hybridized carbons (Fsp3) is 0.571. The van der Waals surface area contributed by atoms with Crippen LogP contribution in [-0.4, -0.2) is 13.7 Å². The molecule has 0 spiro atoms. The standard InChI is InChI=1S/C14H23NO/c1-11(15-5)12-7-6-8-13(9-12)16-10-14(2,3)4/h6-9,11,15H,10H2,1-5H3/t11-/m1/s1. The summed E-state index contributed by atoms with van der Waals surface area (Å²) >= 11 is 0. The van der Waals surface area contributed by atoms with E-state index in [1.807, 2.05) is 19.2 Å². The highest BCUT2D eigenvalue weighted by Gasteiger charge is 2.11. The quantitative estimate of drug-likeness (QED) is 0.841. The summed E-state index contributed by atoms with van der Waals surface area (Å²) in [4.78, 5) is 0. The van der Waals surface area contributed by atoms with Crippen molar-refractivity contribution in [3.63, 3.8) is 0 Å².